The van der Waals surface area contributed by atoms with Crippen LogP contribution >= 0.6 is 11.6 Å². The van der Waals surface area contributed by atoms with Gasteiger partial charge in [-0.05, 0) is 18.9 Å². The van der Waals surface area contributed by atoms with Crippen molar-refractivity contribution in [3.05, 3.63) is 52.8 Å². The molecule has 1 heterocycles. The molecule has 0 radical (unpaired) electrons. The van der Waals surface area contributed by atoms with E-state index in [1.54, 1.807) is 0 Å². The molecule has 2 atom stereocenters. The van der Waals surface area contributed by atoms with Crippen molar-refractivity contribution >= 4 is 17.5 Å². The van der Waals surface area contributed by atoms with Gasteiger partial charge >= 0.3 is 12.4 Å². The lowest BCUT2D eigenvalue weighted by molar-refractivity contribution is -0.220. The number of hydrogen-bond acceptors (Lipinski definition) is 2. The Bertz CT molecular complexity index is 756. The molecule has 0 fully saturated rings. The molecule has 1 amide bonds. The molecule has 0 aliphatic heterocycles. The number of carbonyl (C=O) groups is 1. The molecule has 2 rings (SSSR count). The first-order valence-corrected chi connectivity index (χ1v) is 7.70. The van der Waals surface area contributed by atoms with Crippen molar-refractivity contribution < 1.29 is 31.1 Å². The van der Waals surface area contributed by atoms with E-state index in [1.165, 1.54) is 6.08 Å². The molecule has 26 heavy (non-hydrogen) atoms. The number of amides is 1. The number of primary amides is 1. The molecule has 1 aromatic rings. The lowest BCUT2D eigenvalue weighted by Crippen LogP contribution is -2.48. The van der Waals surface area contributed by atoms with Crippen LogP contribution in [0.15, 0.2) is 36.6 Å². The molecular weight excluding hydrogens is 386 g/mol. The largest absolute Gasteiger partial charge is 0.417 e. The van der Waals surface area contributed by atoms with Gasteiger partial charge in [0.1, 0.15) is 0 Å². The molecule has 0 saturated carbocycles. The van der Waals surface area contributed by atoms with E-state index in [4.69, 9.17) is 17.3 Å². The number of halogens is 7. The third-order valence-electron chi connectivity index (χ3n) is 4.22. The number of allylic oxidation sites excluding steroid dienone is 3. The molecule has 1 aromatic heterocycles. The minimum Gasteiger partial charge on any atom is -0.369 e. The van der Waals surface area contributed by atoms with E-state index in [0.29, 0.717) is 12.3 Å². The molecule has 2 N–H and O–H groups in total. The second kappa shape index (κ2) is 6.94. The third-order valence-corrected chi connectivity index (χ3v) is 4.55. The normalized spacial score (nSPS) is 23.3. The van der Waals surface area contributed by atoms with Crippen LogP contribution in [0.4, 0.5) is 26.3 Å². The fourth-order valence-corrected chi connectivity index (χ4v) is 3.07. The first-order valence-electron chi connectivity index (χ1n) is 7.32. The molecule has 1 aliphatic rings. The van der Waals surface area contributed by atoms with Gasteiger partial charge in [0.25, 0.3) is 0 Å². The predicted octanol–water partition coefficient (Wildman–Crippen LogP) is 4.46. The van der Waals surface area contributed by atoms with Gasteiger partial charge in [0.2, 0.25) is 5.91 Å². The molecule has 142 valence electrons. The van der Waals surface area contributed by atoms with Crippen molar-refractivity contribution in [2.75, 3.05) is 0 Å². The summed E-state index contributed by atoms with van der Waals surface area (Å²) < 4.78 is 79.1. The van der Waals surface area contributed by atoms with E-state index in [2.05, 4.69) is 4.98 Å². The standard InChI is InChI=1S/C16H13ClF6N2O/c17-11-7-9(15(18,19)20)8-25-12(11)4-6-14(16(21,22)23)5-2-1-3-10(14)13(24)26/h1-3,5,7-8,10H,4,6H2,(H2,24,26). The third kappa shape index (κ3) is 3.87. The van der Waals surface area contributed by atoms with Crippen LogP contribution < -0.4 is 5.73 Å². The average Bonchev–Trinajstić information content (AvgIpc) is 2.51. The summed E-state index contributed by atoms with van der Waals surface area (Å²) in [6.45, 7) is 0. The summed E-state index contributed by atoms with van der Waals surface area (Å²) in [6.07, 6.45) is -5.71. The van der Waals surface area contributed by atoms with Gasteiger partial charge in [-0.2, -0.15) is 26.3 Å². The van der Waals surface area contributed by atoms with E-state index >= 15 is 0 Å². The number of nitrogens with zero attached hydrogens (tertiary/aromatic N) is 1. The Hall–Kier alpha value is -2.03. The number of hydrogen-bond donors (Lipinski definition) is 1. The van der Waals surface area contributed by atoms with Crippen LogP contribution in [0, 0.1) is 11.3 Å². The SMILES string of the molecule is NC(=O)C1C=CC=CC1(CCc1ncc(C(F)(F)F)cc1Cl)C(F)(F)F. The number of pyridine rings is 1. The second-order valence-corrected chi connectivity index (χ2v) is 6.22. The van der Waals surface area contributed by atoms with Gasteiger partial charge in [-0.3, -0.25) is 9.78 Å². The lowest BCUT2D eigenvalue weighted by Gasteiger charge is -2.38. The summed E-state index contributed by atoms with van der Waals surface area (Å²) >= 11 is 5.74. The van der Waals surface area contributed by atoms with Crippen molar-refractivity contribution in [1.82, 2.24) is 4.98 Å². The van der Waals surface area contributed by atoms with E-state index in [1.807, 2.05) is 0 Å². The molecule has 3 nitrogen and oxygen atoms in total. The summed E-state index contributed by atoms with van der Waals surface area (Å²) in [4.78, 5) is 15.1. The maximum atomic E-state index is 13.7. The van der Waals surface area contributed by atoms with Crippen LogP contribution in [0.2, 0.25) is 5.02 Å². The monoisotopic (exact) mass is 398 g/mol. The van der Waals surface area contributed by atoms with Crippen molar-refractivity contribution in [2.45, 2.75) is 25.2 Å². The Kier molecular flexibility index (Phi) is 5.41. The molecule has 1 aliphatic carbocycles. The number of alkyl halides is 6. The van der Waals surface area contributed by atoms with Gasteiger partial charge in [0, 0.05) is 6.20 Å². The number of rotatable bonds is 4. The van der Waals surface area contributed by atoms with Gasteiger partial charge in [-0.15, -0.1) is 0 Å². The Morgan fingerprint density at radius 1 is 1.23 bits per heavy atom. The molecular formula is C16H13ClF6N2O. The van der Waals surface area contributed by atoms with Crippen LogP contribution in [-0.2, 0) is 17.4 Å². The van der Waals surface area contributed by atoms with Gasteiger partial charge in [-0.1, -0.05) is 35.9 Å². The zero-order chi connectivity index (χ0) is 19.8. The quantitative estimate of drug-likeness (QED) is 0.761. The highest BCUT2D eigenvalue weighted by atomic mass is 35.5. The van der Waals surface area contributed by atoms with Crippen molar-refractivity contribution in [3.8, 4) is 0 Å². The summed E-state index contributed by atoms with van der Waals surface area (Å²) in [5.41, 5.74) is 1.30. The summed E-state index contributed by atoms with van der Waals surface area (Å²) in [6, 6.07) is 0.604. The van der Waals surface area contributed by atoms with Crippen LogP contribution in [0.3, 0.4) is 0 Å². The second-order valence-electron chi connectivity index (χ2n) is 5.81. The predicted molar refractivity (Wildman–Crippen MR) is 82.0 cm³/mol. The van der Waals surface area contributed by atoms with Crippen LogP contribution in [0.5, 0.6) is 0 Å². The Morgan fingerprint density at radius 2 is 1.88 bits per heavy atom. The molecule has 0 bridgehead atoms. The van der Waals surface area contributed by atoms with E-state index in [-0.39, 0.29) is 5.69 Å². The minimum atomic E-state index is -4.81. The Balaban J connectivity index is 2.34. The molecule has 0 saturated heterocycles. The number of carbonyl (C=O) groups excluding carboxylic acids is 1. The van der Waals surface area contributed by atoms with Gasteiger partial charge in [0.05, 0.1) is 27.6 Å². The first-order chi connectivity index (χ1) is 11.9. The zero-order valence-corrected chi connectivity index (χ0v) is 13.8. The fourth-order valence-electron chi connectivity index (χ4n) is 2.81. The minimum absolute atomic E-state index is 0.130. The molecule has 2 unspecified atom stereocenters. The van der Waals surface area contributed by atoms with Crippen molar-refractivity contribution in [1.29, 1.82) is 0 Å². The summed E-state index contributed by atoms with van der Waals surface area (Å²) in [5.74, 6) is -2.80. The Labute approximate surface area is 149 Å². The number of aryl methyl sites for hydroxylation is 1. The fraction of sp³-hybridized carbons (Fsp3) is 0.375. The zero-order valence-electron chi connectivity index (χ0n) is 13.0. The highest BCUT2D eigenvalue weighted by Gasteiger charge is 2.58. The number of nitrogens with two attached hydrogens (primary N) is 1. The van der Waals surface area contributed by atoms with E-state index < -0.39 is 53.0 Å². The Morgan fingerprint density at radius 3 is 2.38 bits per heavy atom. The maximum Gasteiger partial charge on any atom is 0.417 e. The van der Waals surface area contributed by atoms with Gasteiger partial charge in [0.15, 0.2) is 0 Å². The van der Waals surface area contributed by atoms with E-state index in [9.17, 15) is 31.1 Å². The highest BCUT2D eigenvalue weighted by Crippen LogP contribution is 2.51. The highest BCUT2D eigenvalue weighted by molar-refractivity contribution is 6.31. The van der Waals surface area contributed by atoms with Crippen molar-refractivity contribution in [2.24, 2.45) is 17.1 Å². The summed E-state index contributed by atoms with van der Waals surface area (Å²) in [7, 11) is 0. The van der Waals surface area contributed by atoms with Crippen molar-refractivity contribution in [3.63, 3.8) is 0 Å². The maximum absolute atomic E-state index is 13.7. The van der Waals surface area contributed by atoms with Crippen LogP contribution in [0.25, 0.3) is 0 Å². The molecule has 10 heteroatoms. The topological polar surface area (TPSA) is 56.0 Å². The molecule has 0 spiro atoms. The number of aromatic nitrogens is 1. The summed E-state index contributed by atoms with van der Waals surface area (Å²) in [5, 5.41) is -0.400. The van der Waals surface area contributed by atoms with E-state index in [0.717, 1.165) is 18.2 Å². The first kappa shape index (κ1) is 20.3. The average molecular weight is 399 g/mol. The van der Waals surface area contributed by atoms with Gasteiger partial charge < -0.3 is 5.73 Å². The smallest absolute Gasteiger partial charge is 0.369 e. The van der Waals surface area contributed by atoms with Crippen LogP contribution in [-0.4, -0.2) is 17.1 Å². The lowest BCUT2D eigenvalue weighted by atomic mass is 9.68. The van der Waals surface area contributed by atoms with Gasteiger partial charge in [-0.25, -0.2) is 0 Å². The van der Waals surface area contributed by atoms with Crippen LogP contribution in [0.1, 0.15) is 17.7 Å². The molecule has 0 aromatic carbocycles.